The van der Waals surface area contributed by atoms with Crippen LogP contribution < -0.4 is 15.8 Å². The van der Waals surface area contributed by atoms with Crippen molar-refractivity contribution >= 4 is 58.5 Å². The van der Waals surface area contributed by atoms with Crippen LogP contribution in [-0.2, 0) is 16.1 Å². The largest absolute Gasteiger partial charge is 0.489 e. The molecule has 57 heavy (non-hydrogen) atoms. The molecule has 14 nitrogen and oxygen atoms in total. The summed E-state index contributed by atoms with van der Waals surface area (Å²) >= 11 is 7.76. The number of aryl methyl sites for hydroxylation is 1. The smallest absolute Gasteiger partial charge is 0.266 e. The Morgan fingerprint density at radius 2 is 1.84 bits per heavy atom. The van der Waals surface area contributed by atoms with Crippen molar-refractivity contribution in [1.29, 1.82) is 0 Å². The number of hydrogen-bond acceptors (Lipinski definition) is 12. The van der Waals surface area contributed by atoms with E-state index in [2.05, 4.69) is 41.8 Å². The highest BCUT2D eigenvalue weighted by Crippen LogP contribution is 2.37. The number of aliphatic imine (C=N–C) groups is 2. The molecule has 16 heteroatoms. The first-order valence-electron chi connectivity index (χ1n) is 18.6. The van der Waals surface area contributed by atoms with Crippen LogP contribution in [0.15, 0.2) is 64.2 Å². The quantitative estimate of drug-likeness (QED) is 0.151. The van der Waals surface area contributed by atoms with E-state index in [1.54, 1.807) is 35.8 Å². The molecule has 0 spiro atoms. The number of aromatic nitrogens is 3. The van der Waals surface area contributed by atoms with E-state index in [1.807, 2.05) is 38.1 Å². The van der Waals surface area contributed by atoms with Crippen molar-refractivity contribution in [3.8, 4) is 22.6 Å². The average molecular weight is 804 g/mol. The Balaban J connectivity index is 0.878. The van der Waals surface area contributed by atoms with Gasteiger partial charge in [0.25, 0.3) is 11.8 Å². The summed E-state index contributed by atoms with van der Waals surface area (Å²) < 4.78 is 8.36. The molecular formula is C41H38ClN9O5S. The van der Waals surface area contributed by atoms with E-state index in [4.69, 9.17) is 27.1 Å². The zero-order valence-corrected chi connectivity index (χ0v) is 32.8. The summed E-state index contributed by atoms with van der Waals surface area (Å²) in [5.74, 6) is 6.20. The van der Waals surface area contributed by atoms with Crippen molar-refractivity contribution in [3.05, 3.63) is 104 Å². The van der Waals surface area contributed by atoms with E-state index in [0.717, 1.165) is 81.3 Å². The first-order valence-corrected chi connectivity index (χ1v) is 19.8. The number of hydrogen-bond donors (Lipinski definition) is 2. The van der Waals surface area contributed by atoms with Gasteiger partial charge in [-0.3, -0.25) is 43.9 Å². The van der Waals surface area contributed by atoms with Crippen LogP contribution in [0, 0.1) is 25.7 Å². The summed E-state index contributed by atoms with van der Waals surface area (Å²) in [5.41, 5.74) is 10.7. The molecule has 1 atom stereocenters. The molecule has 0 radical (unpaired) electrons. The van der Waals surface area contributed by atoms with Crippen LogP contribution >= 0.6 is 22.9 Å². The van der Waals surface area contributed by atoms with Crippen LogP contribution in [0.1, 0.15) is 79.6 Å². The summed E-state index contributed by atoms with van der Waals surface area (Å²) in [6.45, 7) is 7.19. The Labute approximate surface area is 337 Å². The van der Waals surface area contributed by atoms with Gasteiger partial charge in [-0.1, -0.05) is 41.6 Å². The summed E-state index contributed by atoms with van der Waals surface area (Å²) in [7, 11) is 0. The van der Waals surface area contributed by atoms with Crippen LogP contribution in [0.4, 0.5) is 0 Å². The van der Waals surface area contributed by atoms with Gasteiger partial charge < -0.3 is 15.4 Å². The molecule has 290 valence electrons. The van der Waals surface area contributed by atoms with Gasteiger partial charge in [0.15, 0.2) is 5.82 Å². The molecule has 4 aromatic rings. The molecule has 3 N–H and O–H groups in total. The number of amides is 4. The third-order valence-electron chi connectivity index (χ3n) is 10.5. The lowest BCUT2D eigenvalue weighted by Gasteiger charge is -2.32. The predicted molar refractivity (Wildman–Crippen MR) is 215 cm³/mol. The lowest BCUT2D eigenvalue weighted by Crippen LogP contribution is -2.54. The number of nitrogens with one attached hydrogen (secondary N) is 1. The first-order chi connectivity index (χ1) is 27.6. The maximum atomic E-state index is 13.5. The third-order valence-corrected chi connectivity index (χ3v) is 11.9. The molecule has 2 fully saturated rings. The number of thiophene rings is 1. The number of nitrogens with zero attached hydrogens (tertiary/aromatic N) is 7. The molecule has 6 heterocycles. The monoisotopic (exact) mass is 803 g/mol. The molecule has 0 bridgehead atoms. The van der Waals surface area contributed by atoms with Crippen LogP contribution in [0.5, 0.6) is 5.75 Å². The zero-order chi connectivity index (χ0) is 39.8. The summed E-state index contributed by atoms with van der Waals surface area (Å²) in [6, 6.07) is 11.6. The van der Waals surface area contributed by atoms with E-state index in [1.165, 1.54) is 6.20 Å². The van der Waals surface area contributed by atoms with E-state index < -0.39 is 29.7 Å². The molecule has 4 amide bonds. The van der Waals surface area contributed by atoms with Crippen LogP contribution in [0.25, 0.3) is 5.00 Å². The number of imide groups is 2. The van der Waals surface area contributed by atoms with Crippen molar-refractivity contribution in [2.75, 3.05) is 26.2 Å². The number of allylic oxidation sites excluding steroid dienone is 1. The first kappa shape index (κ1) is 37.9. The van der Waals surface area contributed by atoms with Crippen LogP contribution in [0.2, 0.25) is 5.02 Å². The summed E-state index contributed by atoms with van der Waals surface area (Å²) in [6.07, 6.45) is 4.59. The molecule has 4 aliphatic heterocycles. The van der Waals surface area contributed by atoms with Crippen molar-refractivity contribution in [2.45, 2.75) is 58.2 Å². The topological polar surface area (TPSA) is 177 Å². The highest BCUT2D eigenvalue weighted by molar-refractivity contribution is 7.15. The van der Waals surface area contributed by atoms with E-state index in [9.17, 15) is 19.2 Å². The number of piperidine rings is 2. The second-order valence-electron chi connectivity index (χ2n) is 14.1. The molecule has 8 rings (SSSR count). The van der Waals surface area contributed by atoms with Crippen molar-refractivity contribution < 1.29 is 23.9 Å². The summed E-state index contributed by atoms with van der Waals surface area (Å²) in [5, 5.41) is 12.5. The number of rotatable bonds is 8. The number of carbonyl (C=O) groups is 4. The lowest BCUT2D eigenvalue weighted by molar-refractivity contribution is -0.136. The molecule has 1 unspecified atom stereocenters. The van der Waals surface area contributed by atoms with Crippen LogP contribution in [-0.4, -0.2) is 98.4 Å². The molecule has 0 saturated carbocycles. The standard InChI is InChI=1S/C41H38ClN9O5S/c1-23-32(57-41-35(23)37(26-7-9-27(42)10-8-26)45-22-33-48-47-24(2)50(33)41)12-6-25(20-43)21-44-16-19-49-17-14-28(15-18-49)56-31-5-3-4-29-36(31)40(55)51(39(29)54)30-11-13-34(52)46-38(30)53/h3-5,7-10,20-21,28,30H,11,13-19,22,43H2,1-2H3,(H,46,52,53). The number of likely N-dealkylation sites (tertiary alicyclic amines) is 1. The number of benzene rings is 2. The maximum Gasteiger partial charge on any atom is 0.266 e. The Bertz CT molecular complexity index is 2470. The van der Waals surface area contributed by atoms with E-state index in [0.29, 0.717) is 29.4 Å². The maximum absolute atomic E-state index is 13.5. The predicted octanol–water partition coefficient (Wildman–Crippen LogP) is 4.16. The highest BCUT2D eigenvalue weighted by Gasteiger charge is 2.46. The minimum Gasteiger partial charge on any atom is -0.489 e. The van der Waals surface area contributed by atoms with E-state index in [-0.39, 0.29) is 30.1 Å². The molecular weight excluding hydrogens is 766 g/mol. The number of nitrogens with two attached hydrogens (primary N) is 1. The van der Waals surface area contributed by atoms with Gasteiger partial charge >= 0.3 is 0 Å². The molecule has 2 aromatic heterocycles. The fourth-order valence-electron chi connectivity index (χ4n) is 7.52. The molecule has 2 aromatic carbocycles. The van der Waals surface area contributed by atoms with Gasteiger partial charge in [-0.15, -0.1) is 21.5 Å². The zero-order valence-electron chi connectivity index (χ0n) is 31.3. The van der Waals surface area contributed by atoms with Gasteiger partial charge in [-0.2, -0.15) is 0 Å². The second kappa shape index (κ2) is 15.9. The van der Waals surface area contributed by atoms with E-state index >= 15 is 0 Å². The van der Waals surface area contributed by atoms with Crippen LogP contribution in [0.3, 0.4) is 0 Å². The Hall–Kier alpha value is -5.95. The van der Waals surface area contributed by atoms with Gasteiger partial charge in [-0.05, 0) is 62.9 Å². The fraction of sp³-hybridized carbons (Fsp3) is 0.317. The Morgan fingerprint density at radius 3 is 2.60 bits per heavy atom. The molecule has 0 aliphatic carbocycles. The molecule has 4 aliphatic rings. The second-order valence-corrected chi connectivity index (χ2v) is 15.5. The molecule has 2 saturated heterocycles. The third kappa shape index (κ3) is 7.39. The Morgan fingerprint density at radius 1 is 1.05 bits per heavy atom. The number of carbonyl (C=O) groups excluding carboxylic acids is 4. The van der Waals surface area contributed by atoms with Crippen molar-refractivity contribution in [3.63, 3.8) is 0 Å². The fourth-order valence-corrected chi connectivity index (χ4v) is 8.88. The minimum absolute atomic E-state index is 0.0592. The highest BCUT2D eigenvalue weighted by atomic mass is 35.5. The summed E-state index contributed by atoms with van der Waals surface area (Å²) in [4.78, 5) is 64.5. The minimum atomic E-state index is -1.03. The SMILES string of the molecule is Cc1c(C#CC(C=NCCN2CCC(Oc3cccc4c3C(=O)N(C3CCC(=O)NC3=O)C4=O)CC2)=CN)sc2c1C(c1ccc(Cl)cc1)=NCc1nnc(C)n1-2. The number of fused-ring (bicyclic) bond motifs is 4. The van der Waals surface area contributed by atoms with Gasteiger partial charge in [-0.25, -0.2) is 0 Å². The normalized spacial score (nSPS) is 18.8. The van der Waals surface area contributed by atoms with Crippen molar-refractivity contribution in [2.24, 2.45) is 15.7 Å². The number of halogens is 1. The van der Waals surface area contributed by atoms with Gasteiger partial charge in [0.1, 0.15) is 35.3 Å². The van der Waals surface area contributed by atoms with Gasteiger partial charge in [0.05, 0.1) is 33.8 Å². The average Bonchev–Trinajstić information content (AvgIpc) is 3.77. The Kier molecular flexibility index (Phi) is 10.6. The van der Waals surface area contributed by atoms with Gasteiger partial charge in [0.2, 0.25) is 11.8 Å². The van der Waals surface area contributed by atoms with Crippen molar-refractivity contribution in [1.82, 2.24) is 29.9 Å². The van der Waals surface area contributed by atoms with Gasteiger partial charge in [0, 0.05) is 54.6 Å². The lowest BCUT2D eigenvalue weighted by atomic mass is 10.00. The number of ether oxygens (including phenoxy) is 1.